The molecular weight excluding hydrogens is 406 g/mol. The summed E-state index contributed by atoms with van der Waals surface area (Å²) in [6.07, 6.45) is 0. The van der Waals surface area contributed by atoms with Crippen molar-refractivity contribution in [2.75, 3.05) is 12.4 Å². The van der Waals surface area contributed by atoms with Crippen LogP contribution in [0.2, 0.25) is 5.02 Å². The molecule has 7 heteroatoms. The average molecular weight is 430 g/mol. The van der Waals surface area contributed by atoms with Crippen LogP contribution in [0.3, 0.4) is 0 Å². The molecule has 2 aromatic rings. The number of rotatable bonds is 5. The second-order valence-electron chi connectivity index (χ2n) is 7.19. The number of nitrogens with one attached hydrogen (secondary N) is 3. The predicted molar refractivity (Wildman–Crippen MR) is 121 cm³/mol. The Hall–Kier alpha value is -2.57. The molecule has 0 aromatic heterocycles. The van der Waals surface area contributed by atoms with Crippen LogP contribution in [0, 0.1) is 0 Å². The summed E-state index contributed by atoms with van der Waals surface area (Å²) in [5.41, 5.74) is 4.02. The highest BCUT2D eigenvalue weighted by Crippen LogP contribution is 2.32. The third kappa shape index (κ3) is 4.71. The van der Waals surface area contributed by atoms with Gasteiger partial charge in [0.15, 0.2) is 5.11 Å². The molecule has 0 spiro atoms. The van der Waals surface area contributed by atoms with Gasteiger partial charge in [-0.3, -0.25) is 4.79 Å². The van der Waals surface area contributed by atoms with Gasteiger partial charge in [-0.05, 0) is 48.3 Å². The van der Waals surface area contributed by atoms with Gasteiger partial charge >= 0.3 is 0 Å². The minimum absolute atomic E-state index is 0.247. The summed E-state index contributed by atoms with van der Waals surface area (Å²) in [7, 11) is 1.53. The van der Waals surface area contributed by atoms with E-state index in [1.54, 1.807) is 18.2 Å². The van der Waals surface area contributed by atoms with Crippen molar-refractivity contribution in [3.05, 3.63) is 69.9 Å². The van der Waals surface area contributed by atoms with Crippen LogP contribution in [0.1, 0.15) is 43.9 Å². The number of thiocarbonyl (C=S) groups is 1. The molecule has 1 heterocycles. The normalized spacial score (nSPS) is 16.3. The highest BCUT2D eigenvalue weighted by molar-refractivity contribution is 7.80. The van der Waals surface area contributed by atoms with Gasteiger partial charge in [-0.25, -0.2) is 0 Å². The van der Waals surface area contributed by atoms with E-state index in [1.165, 1.54) is 12.7 Å². The topological polar surface area (TPSA) is 62.4 Å². The summed E-state index contributed by atoms with van der Waals surface area (Å²) in [5, 5.41) is 10.2. The molecule has 1 aliphatic heterocycles. The molecule has 0 saturated heterocycles. The molecule has 1 amide bonds. The molecule has 29 heavy (non-hydrogen) atoms. The number of allylic oxidation sites excluding steroid dienone is 1. The first kappa shape index (κ1) is 21.1. The van der Waals surface area contributed by atoms with E-state index in [9.17, 15) is 4.79 Å². The fourth-order valence-corrected chi connectivity index (χ4v) is 3.71. The Bertz CT molecular complexity index is 971. The van der Waals surface area contributed by atoms with Crippen LogP contribution in [0.15, 0.2) is 53.7 Å². The number of carbonyl (C=O) groups is 1. The van der Waals surface area contributed by atoms with Crippen molar-refractivity contribution in [1.82, 2.24) is 10.6 Å². The molecular formula is C22H24ClN3O2S. The number of hydrogen-bond acceptors (Lipinski definition) is 3. The van der Waals surface area contributed by atoms with E-state index in [0.717, 1.165) is 5.56 Å². The van der Waals surface area contributed by atoms with Gasteiger partial charge in [0.05, 0.1) is 24.4 Å². The molecule has 0 bridgehead atoms. The molecule has 0 aliphatic carbocycles. The first-order valence-electron chi connectivity index (χ1n) is 9.33. The Kier molecular flexibility index (Phi) is 6.45. The standard InChI is InChI=1S/C22H24ClN3O2S/c1-12(2)14-5-7-15(8-6-14)20-19(13(3)24-22(29)26-20)21(27)25-17-10-9-16(23)11-18(17)28-4/h5-12,20H,1-4H3,(H,25,27)(H2,24,26,29). The number of methoxy groups -OCH3 is 1. The van der Waals surface area contributed by atoms with Crippen LogP contribution in [-0.2, 0) is 4.79 Å². The van der Waals surface area contributed by atoms with Crippen molar-refractivity contribution in [2.24, 2.45) is 0 Å². The summed E-state index contributed by atoms with van der Waals surface area (Å²) >= 11 is 11.3. The maximum Gasteiger partial charge on any atom is 0.255 e. The second-order valence-corrected chi connectivity index (χ2v) is 8.03. The van der Waals surface area contributed by atoms with Crippen LogP contribution >= 0.6 is 23.8 Å². The Morgan fingerprint density at radius 1 is 1.21 bits per heavy atom. The SMILES string of the molecule is COc1cc(Cl)ccc1NC(=O)C1=C(C)NC(=S)NC1c1ccc(C(C)C)cc1. The summed E-state index contributed by atoms with van der Waals surface area (Å²) in [4.78, 5) is 13.2. The van der Waals surface area contributed by atoms with Crippen LogP contribution in [0.4, 0.5) is 5.69 Å². The summed E-state index contributed by atoms with van der Waals surface area (Å²) in [6, 6.07) is 13.0. The maximum atomic E-state index is 13.2. The lowest BCUT2D eigenvalue weighted by Crippen LogP contribution is -2.45. The summed E-state index contributed by atoms with van der Waals surface area (Å²) < 4.78 is 5.34. The minimum atomic E-state index is -0.358. The third-order valence-corrected chi connectivity index (χ3v) is 5.32. The van der Waals surface area contributed by atoms with Crippen molar-refractivity contribution in [2.45, 2.75) is 32.7 Å². The van der Waals surface area contributed by atoms with Crippen LogP contribution in [0.5, 0.6) is 5.75 Å². The minimum Gasteiger partial charge on any atom is -0.495 e. The van der Waals surface area contributed by atoms with Gasteiger partial charge in [-0.15, -0.1) is 0 Å². The van der Waals surface area contributed by atoms with Gasteiger partial charge in [0.2, 0.25) is 0 Å². The monoisotopic (exact) mass is 429 g/mol. The summed E-state index contributed by atoms with van der Waals surface area (Å²) in [6.45, 7) is 6.14. The Labute approximate surface area is 181 Å². The molecule has 1 atom stereocenters. The first-order valence-corrected chi connectivity index (χ1v) is 10.1. The van der Waals surface area contributed by atoms with E-state index >= 15 is 0 Å². The Balaban J connectivity index is 1.94. The van der Waals surface area contributed by atoms with Gasteiger partial charge in [0, 0.05) is 16.8 Å². The number of benzene rings is 2. The third-order valence-electron chi connectivity index (χ3n) is 4.86. The molecule has 3 rings (SSSR count). The largest absolute Gasteiger partial charge is 0.495 e. The van der Waals surface area contributed by atoms with Crippen molar-refractivity contribution in [1.29, 1.82) is 0 Å². The lowest BCUT2D eigenvalue weighted by molar-refractivity contribution is -0.113. The van der Waals surface area contributed by atoms with E-state index in [1.807, 2.05) is 19.1 Å². The van der Waals surface area contributed by atoms with Crippen molar-refractivity contribution >= 4 is 40.5 Å². The fraction of sp³-hybridized carbons (Fsp3) is 0.273. The predicted octanol–water partition coefficient (Wildman–Crippen LogP) is 4.90. The molecule has 3 N–H and O–H groups in total. The number of ether oxygens (including phenoxy) is 1. The van der Waals surface area contributed by atoms with Gasteiger partial charge < -0.3 is 20.7 Å². The molecule has 2 aromatic carbocycles. The zero-order valence-corrected chi connectivity index (χ0v) is 18.4. The average Bonchev–Trinajstić information content (AvgIpc) is 2.68. The molecule has 1 unspecified atom stereocenters. The molecule has 152 valence electrons. The van der Waals surface area contributed by atoms with Crippen molar-refractivity contribution in [3.8, 4) is 5.75 Å². The number of halogens is 1. The van der Waals surface area contributed by atoms with Gasteiger partial charge in [-0.1, -0.05) is 49.7 Å². The molecule has 0 fully saturated rings. The fourth-order valence-electron chi connectivity index (χ4n) is 3.28. The number of amides is 1. The number of hydrogen-bond donors (Lipinski definition) is 3. The van der Waals surface area contributed by atoms with E-state index < -0.39 is 0 Å². The van der Waals surface area contributed by atoms with Crippen molar-refractivity contribution in [3.63, 3.8) is 0 Å². The zero-order valence-electron chi connectivity index (χ0n) is 16.8. The number of carbonyl (C=O) groups excluding carboxylic acids is 1. The lowest BCUT2D eigenvalue weighted by atomic mass is 9.92. The highest BCUT2D eigenvalue weighted by atomic mass is 35.5. The van der Waals surface area contributed by atoms with Gasteiger partial charge in [-0.2, -0.15) is 0 Å². The van der Waals surface area contributed by atoms with Crippen LogP contribution in [0.25, 0.3) is 0 Å². The molecule has 1 aliphatic rings. The quantitative estimate of drug-likeness (QED) is 0.590. The lowest BCUT2D eigenvalue weighted by Gasteiger charge is -2.30. The molecule has 5 nitrogen and oxygen atoms in total. The van der Waals surface area contributed by atoms with E-state index in [2.05, 4.69) is 41.9 Å². The van der Waals surface area contributed by atoms with E-state index in [4.69, 9.17) is 28.6 Å². The highest BCUT2D eigenvalue weighted by Gasteiger charge is 2.30. The maximum absolute atomic E-state index is 13.2. The Morgan fingerprint density at radius 2 is 1.90 bits per heavy atom. The van der Waals surface area contributed by atoms with E-state index in [0.29, 0.717) is 38.8 Å². The van der Waals surface area contributed by atoms with E-state index in [-0.39, 0.29) is 11.9 Å². The Morgan fingerprint density at radius 3 is 2.52 bits per heavy atom. The number of anilines is 1. The molecule has 0 saturated carbocycles. The van der Waals surface area contributed by atoms with Gasteiger partial charge in [0.25, 0.3) is 5.91 Å². The van der Waals surface area contributed by atoms with Crippen LogP contribution < -0.4 is 20.7 Å². The molecule has 0 radical (unpaired) electrons. The second kappa shape index (κ2) is 8.84. The zero-order chi connectivity index (χ0) is 21.1. The first-order chi connectivity index (χ1) is 13.8. The smallest absolute Gasteiger partial charge is 0.255 e. The van der Waals surface area contributed by atoms with Gasteiger partial charge in [0.1, 0.15) is 5.75 Å². The summed E-state index contributed by atoms with van der Waals surface area (Å²) in [5.74, 6) is 0.682. The van der Waals surface area contributed by atoms with Crippen molar-refractivity contribution < 1.29 is 9.53 Å². The van der Waals surface area contributed by atoms with Crippen LogP contribution in [-0.4, -0.2) is 18.1 Å².